The molecule has 0 spiro atoms. The van der Waals surface area contributed by atoms with Gasteiger partial charge in [-0.05, 0) is 63.4 Å². The number of nitrogens with one attached hydrogen (secondary N) is 2. The minimum Gasteiger partial charge on any atom is -0.507 e. The first kappa shape index (κ1) is 21.3. The zero-order chi connectivity index (χ0) is 21.4. The summed E-state index contributed by atoms with van der Waals surface area (Å²) in [5.74, 6) is 0.0539. The molecule has 29 heavy (non-hydrogen) atoms. The average Bonchev–Trinajstić information content (AvgIpc) is 2.61. The van der Waals surface area contributed by atoms with Gasteiger partial charge in [-0.1, -0.05) is 0 Å². The largest absolute Gasteiger partial charge is 0.507 e. The molecule has 1 fully saturated rings. The molecular weight excluding hydrogens is 385 g/mol. The van der Waals surface area contributed by atoms with Gasteiger partial charge in [-0.25, -0.2) is 0 Å². The van der Waals surface area contributed by atoms with Gasteiger partial charge in [-0.15, -0.1) is 10.2 Å². The smallest absolute Gasteiger partial charge is 0.416 e. The number of nitrogens with zero attached hydrogens (tertiary/aromatic N) is 2. The van der Waals surface area contributed by atoms with Gasteiger partial charge >= 0.3 is 6.18 Å². The van der Waals surface area contributed by atoms with Crippen molar-refractivity contribution >= 4 is 5.82 Å². The van der Waals surface area contributed by atoms with Crippen LogP contribution in [0.15, 0.2) is 24.3 Å². The second-order valence-corrected chi connectivity index (χ2v) is 8.02. The summed E-state index contributed by atoms with van der Waals surface area (Å²) in [5.41, 5.74) is -0.507. The van der Waals surface area contributed by atoms with Crippen LogP contribution < -0.4 is 10.6 Å². The number of aryl methyl sites for hydroxylation is 1. The highest BCUT2D eigenvalue weighted by atomic mass is 19.4. The SMILES string of the molecule is Cc1cc(N[C@@H]2CC[C@@H](C(C)(C)O)NC2)nnc1-c1ccc(C(F)(F)F)cc1O. The molecule has 158 valence electrons. The molecule has 2 aromatic rings. The first-order chi connectivity index (χ1) is 13.4. The van der Waals surface area contributed by atoms with Crippen molar-refractivity contribution in [3.05, 3.63) is 35.4 Å². The van der Waals surface area contributed by atoms with E-state index in [0.717, 1.165) is 18.9 Å². The second-order valence-electron chi connectivity index (χ2n) is 8.02. The number of rotatable bonds is 4. The maximum absolute atomic E-state index is 12.8. The molecule has 3 rings (SSSR count). The molecule has 0 bridgehead atoms. The Kier molecular flexibility index (Phi) is 5.73. The van der Waals surface area contributed by atoms with Gasteiger partial charge in [0.05, 0.1) is 16.9 Å². The average molecular weight is 410 g/mol. The summed E-state index contributed by atoms with van der Waals surface area (Å²) in [6, 6.07) is 4.70. The fraction of sp³-hybridized carbons (Fsp3) is 0.500. The van der Waals surface area contributed by atoms with Crippen LogP contribution in [0.3, 0.4) is 0 Å². The summed E-state index contributed by atoms with van der Waals surface area (Å²) >= 11 is 0. The van der Waals surface area contributed by atoms with Gasteiger partial charge < -0.3 is 20.8 Å². The van der Waals surface area contributed by atoms with E-state index in [4.69, 9.17) is 0 Å². The number of phenolic OH excluding ortho intramolecular Hbond substituents is 1. The molecule has 0 aliphatic carbocycles. The third-order valence-electron chi connectivity index (χ3n) is 5.18. The van der Waals surface area contributed by atoms with E-state index in [1.807, 2.05) is 0 Å². The molecule has 1 aromatic heterocycles. The standard InChI is InChI=1S/C20H25F3N4O2/c1-11-8-17(25-13-5-7-16(24-10-13)19(2,3)29)26-27-18(11)14-6-4-12(9-15(14)28)20(21,22)23/h4,6,8-9,13,16,24,28-29H,5,7,10H2,1-3H3,(H,25,26)/t13-,16+/m1/s1. The van der Waals surface area contributed by atoms with Crippen LogP contribution in [0.1, 0.15) is 37.8 Å². The van der Waals surface area contributed by atoms with E-state index in [2.05, 4.69) is 20.8 Å². The first-order valence-corrected chi connectivity index (χ1v) is 9.42. The molecule has 0 saturated carbocycles. The van der Waals surface area contributed by atoms with Crippen molar-refractivity contribution in [2.24, 2.45) is 0 Å². The summed E-state index contributed by atoms with van der Waals surface area (Å²) in [6.07, 6.45) is -2.86. The Hall–Kier alpha value is -2.39. The number of anilines is 1. The maximum Gasteiger partial charge on any atom is 0.416 e. The van der Waals surface area contributed by atoms with Crippen LogP contribution in [-0.2, 0) is 6.18 Å². The number of phenols is 1. The summed E-state index contributed by atoms with van der Waals surface area (Å²) in [6.45, 7) is 5.98. The molecule has 9 heteroatoms. The quantitative estimate of drug-likeness (QED) is 0.617. The molecule has 4 N–H and O–H groups in total. The molecule has 1 saturated heterocycles. The van der Waals surface area contributed by atoms with Crippen molar-refractivity contribution in [2.75, 3.05) is 11.9 Å². The van der Waals surface area contributed by atoms with Crippen LogP contribution in [0, 0.1) is 6.92 Å². The minimum absolute atomic E-state index is 0.0263. The molecule has 1 aliphatic rings. The lowest BCUT2D eigenvalue weighted by atomic mass is 9.89. The number of hydrogen-bond donors (Lipinski definition) is 4. The molecule has 6 nitrogen and oxygen atoms in total. The lowest BCUT2D eigenvalue weighted by Crippen LogP contribution is -2.54. The summed E-state index contributed by atoms with van der Waals surface area (Å²) in [4.78, 5) is 0. The van der Waals surface area contributed by atoms with Crippen LogP contribution in [0.25, 0.3) is 11.3 Å². The van der Waals surface area contributed by atoms with Crippen LogP contribution >= 0.6 is 0 Å². The topological polar surface area (TPSA) is 90.3 Å². The van der Waals surface area contributed by atoms with Gasteiger partial charge in [0.1, 0.15) is 11.6 Å². The fourth-order valence-corrected chi connectivity index (χ4v) is 3.52. The van der Waals surface area contributed by atoms with Crippen LogP contribution in [-0.4, -0.2) is 44.6 Å². The normalized spacial score (nSPS) is 20.5. The first-order valence-electron chi connectivity index (χ1n) is 9.42. The number of benzene rings is 1. The number of alkyl halides is 3. The van der Waals surface area contributed by atoms with Gasteiger partial charge in [-0.2, -0.15) is 13.2 Å². The van der Waals surface area contributed by atoms with Gasteiger partial charge in [0.2, 0.25) is 0 Å². The molecule has 0 radical (unpaired) electrons. The van der Waals surface area contributed by atoms with Crippen LogP contribution in [0.2, 0.25) is 0 Å². The lowest BCUT2D eigenvalue weighted by molar-refractivity contribution is -0.137. The summed E-state index contributed by atoms with van der Waals surface area (Å²) in [7, 11) is 0. The molecule has 2 atom stereocenters. The van der Waals surface area contributed by atoms with Crippen molar-refractivity contribution in [3.63, 3.8) is 0 Å². The van der Waals surface area contributed by atoms with E-state index in [0.29, 0.717) is 29.7 Å². The van der Waals surface area contributed by atoms with Gasteiger partial charge in [0.25, 0.3) is 0 Å². The third-order valence-corrected chi connectivity index (χ3v) is 5.18. The third kappa shape index (κ3) is 4.97. The Bertz CT molecular complexity index is 873. The van der Waals surface area contributed by atoms with Gasteiger partial charge in [0, 0.05) is 24.2 Å². The number of hydrogen-bond acceptors (Lipinski definition) is 6. The van der Waals surface area contributed by atoms with E-state index in [1.54, 1.807) is 26.8 Å². The van der Waals surface area contributed by atoms with E-state index in [9.17, 15) is 23.4 Å². The van der Waals surface area contributed by atoms with E-state index in [1.165, 1.54) is 6.07 Å². The second kappa shape index (κ2) is 7.79. The number of aliphatic hydroxyl groups is 1. The Labute approximate surface area is 167 Å². The van der Waals surface area contributed by atoms with Crippen molar-refractivity contribution in [1.82, 2.24) is 15.5 Å². The molecule has 0 amide bonds. The monoisotopic (exact) mass is 410 g/mol. The predicted molar refractivity (Wildman–Crippen MR) is 104 cm³/mol. The van der Waals surface area contributed by atoms with Crippen LogP contribution in [0.5, 0.6) is 5.75 Å². The number of aromatic hydroxyl groups is 1. The van der Waals surface area contributed by atoms with Gasteiger partial charge in [0.15, 0.2) is 0 Å². The molecule has 0 unspecified atom stereocenters. The van der Waals surface area contributed by atoms with Crippen molar-refractivity contribution in [3.8, 4) is 17.0 Å². The number of piperidine rings is 1. The fourth-order valence-electron chi connectivity index (χ4n) is 3.52. The Morgan fingerprint density at radius 3 is 2.38 bits per heavy atom. The highest BCUT2D eigenvalue weighted by Crippen LogP contribution is 2.36. The van der Waals surface area contributed by atoms with Crippen molar-refractivity contribution in [2.45, 2.75) is 57.5 Å². The Morgan fingerprint density at radius 1 is 1.14 bits per heavy atom. The maximum atomic E-state index is 12.8. The molecule has 1 aliphatic heterocycles. The zero-order valence-electron chi connectivity index (χ0n) is 16.5. The highest BCUT2D eigenvalue weighted by molar-refractivity contribution is 5.70. The number of halogens is 3. The Morgan fingerprint density at radius 2 is 1.86 bits per heavy atom. The summed E-state index contributed by atoms with van der Waals surface area (Å²) < 4.78 is 38.3. The lowest BCUT2D eigenvalue weighted by Gasteiger charge is -2.37. The molecule has 2 heterocycles. The van der Waals surface area contributed by atoms with Crippen LogP contribution in [0.4, 0.5) is 19.0 Å². The predicted octanol–water partition coefficient (Wildman–Crippen LogP) is 3.48. The van der Waals surface area contributed by atoms with E-state index in [-0.39, 0.29) is 17.6 Å². The minimum atomic E-state index is -4.53. The zero-order valence-corrected chi connectivity index (χ0v) is 16.5. The Balaban J connectivity index is 1.72. The van der Waals surface area contributed by atoms with E-state index >= 15 is 0 Å². The highest BCUT2D eigenvalue weighted by Gasteiger charge is 2.32. The molecule has 1 aromatic carbocycles. The van der Waals surface area contributed by atoms with Crippen molar-refractivity contribution < 1.29 is 23.4 Å². The summed E-state index contributed by atoms with van der Waals surface area (Å²) in [5, 5.41) is 35.0. The van der Waals surface area contributed by atoms with E-state index < -0.39 is 23.1 Å². The molecular formula is C20H25F3N4O2. The van der Waals surface area contributed by atoms with Crippen molar-refractivity contribution in [1.29, 1.82) is 0 Å². The van der Waals surface area contributed by atoms with Gasteiger partial charge in [-0.3, -0.25) is 0 Å². The number of aromatic nitrogens is 2.